The maximum Gasteiger partial charge on any atom is 0.336 e. The molecule has 17 heavy (non-hydrogen) atoms. The van der Waals surface area contributed by atoms with Gasteiger partial charge in [-0.2, -0.15) is 0 Å². The molecule has 0 spiro atoms. The van der Waals surface area contributed by atoms with Crippen molar-refractivity contribution < 1.29 is 19.0 Å². The van der Waals surface area contributed by atoms with Crippen molar-refractivity contribution in [3.05, 3.63) is 36.1 Å². The third-order valence-corrected chi connectivity index (χ3v) is 2.01. The fourth-order valence-corrected chi connectivity index (χ4v) is 1.12. The fourth-order valence-electron chi connectivity index (χ4n) is 1.12. The van der Waals surface area contributed by atoms with E-state index in [1.54, 1.807) is 33.1 Å². The van der Waals surface area contributed by atoms with Gasteiger partial charge in [-0.15, -0.1) is 0 Å². The maximum absolute atomic E-state index is 11.3. The van der Waals surface area contributed by atoms with Gasteiger partial charge in [0.2, 0.25) is 0 Å². The molecule has 1 aromatic rings. The summed E-state index contributed by atoms with van der Waals surface area (Å²) in [5.41, 5.74) is 0.412. The van der Waals surface area contributed by atoms with E-state index in [2.05, 4.69) is 0 Å². The smallest absolute Gasteiger partial charge is 0.336 e. The average Bonchev–Trinajstić information content (AvgIpc) is 2.36. The van der Waals surface area contributed by atoms with Gasteiger partial charge in [0, 0.05) is 6.07 Å². The predicted octanol–water partition coefficient (Wildman–Crippen LogP) is 2.54. The normalized spacial score (nSPS) is 10.9. The molecule has 0 aliphatic carbocycles. The highest BCUT2D eigenvalue weighted by atomic mass is 16.5. The van der Waals surface area contributed by atoms with Crippen molar-refractivity contribution in [2.24, 2.45) is 0 Å². The highest BCUT2D eigenvalue weighted by Gasteiger charge is 2.04. The Bertz CT molecular complexity index is 410. The first-order valence-corrected chi connectivity index (χ1v) is 5.32. The molecule has 1 rings (SSSR count). The molecule has 0 saturated carbocycles. The van der Waals surface area contributed by atoms with E-state index in [1.165, 1.54) is 6.26 Å². The van der Waals surface area contributed by atoms with Crippen molar-refractivity contribution in [3.63, 3.8) is 0 Å². The summed E-state index contributed by atoms with van der Waals surface area (Å²) < 4.78 is 15.2. The maximum atomic E-state index is 11.3. The summed E-state index contributed by atoms with van der Waals surface area (Å²) in [4.78, 5) is 11.3. The first-order valence-electron chi connectivity index (χ1n) is 5.32. The summed E-state index contributed by atoms with van der Waals surface area (Å²) in [5.74, 6) is 0.924. The van der Waals surface area contributed by atoms with Crippen molar-refractivity contribution >= 4 is 5.97 Å². The number of hydrogen-bond donors (Lipinski definition) is 0. The minimum absolute atomic E-state index is 0.350. The summed E-state index contributed by atoms with van der Waals surface area (Å²) in [5, 5.41) is 0. The Hall–Kier alpha value is -1.97. The monoisotopic (exact) mass is 236 g/mol. The van der Waals surface area contributed by atoms with E-state index in [-0.39, 0.29) is 5.97 Å². The lowest BCUT2D eigenvalue weighted by molar-refractivity contribution is -0.138. The van der Waals surface area contributed by atoms with Gasteiger partial charge in [-0.25, -0.2) is 4.79 Å². The Balaban J connectivity index is 2.65. The number of rotatable bonds is 5. The van der Waals surface area contributed by atoms with Crippen LogP contribution in [0, 0.1) is 0 Å². The Labute approximate surface area is 101 Å². The van der Waals surface area contributed by atoms with Gasteiger partial charge < -0.3 is 14.2 Å². The Morgan fingerprint density at radius 1 is 1.35 bits per heavy atom. The Kier molecular flexibility index (Phi) is 5.07. The highest BCUT2D eigenvalue weighted by molar-refractivity contribution is 5.87. The Morgan fingerprint density at radius 3 is 2.71 bits per heavy atom. The van der Waals surface area contributed by atoms with Gasteiger partial charge in [0.25, 0.3) is 0 Å². The van der Waals surface area contributed by atoms with E-state index in [1.807, 2.05) is 12.1 Å². The first-order chi connectivity index (χ1) is 8.17. The number of carbonyl (C=O) groups is 1. The van der Waals surface area contributed by atoms with Crippen LogP contribution >= 0.6 is 0 Å². The third-order valence-electron chi connectivity index (χ3n) is 2.01. The van der Waals surface area contributed by atoms with Gasteiger partial charge >= 0.3 is 5.97 Å². The second kappa shape index (κ2) is 6.58. The van der Waals surface area contributed by atoms with E-state index in [0.29, 0.717) is 23.7 Å². The SMILES string of the molecule is CCOC(=O)/C(C)=C/Oc1cccc(OC)c1. The molecular weight excluding hydrogens is 220 g/mol. The molecule has 0 unspecified atom stereocenters. The van der Waals surface area contributed by atoms with E-state index in [0.717, 1.165) is 0 Å². The molecule has 0 amide bonds. The molecule has 0 saturated heterocycles. The highest BCUT2D eigenvalue weighted by Crippen LogP contribution is 2.19. The molecule has 0 bridgehead atoms. The zero-order valence-electron chi connectivity index (χ0n) is 10.2. The summed E-state index contributed by atoms with van der Waals surface area (Å²) in [6, 6.07) is 7.13. The summed E-state index contributed by atoms with van der Waals surface area (Å²) >= 11 is 0. The van der Waals surface area contributed by atoms with E-state index >= 15 is 0 Å². The second-order valence-electron chi connectivity index (χ2n) is 3.32. The molecule has 0 radical (unpaired) electrons. The van der Waals surface area contributed by atoms with Gasteiger partial charge in [0.15, 0.2) is 0 Å². The molecule has 4 nitrogen and oxygen atoms in total. The van der Waals surface area contributed by atoms with Gasteiger partial charge in [0.05, 0.1) is 19.3 Å². The second-order valence-corrected chi connectivity index (χ2v) is 3.32. The number of hydrogen-bond acceptors (Lipinski definition) is 4. The molecule has 0 aliphatic rings. The first kappa shape index (κ1) is 13.1. The molecule has 0 fully saturated rings. The number of carbonyl (C=O) groups excluding carboxylic acids is 1. The fraction of sp³-hybridized carbons (Fsp3) is 0.308. The number of methoxy groups -OCH3 is 1. The van der Waals surface area contributed by atoms with Gasteiger partial charge in [-0.1, -0.05) is 6.07 Å². The lowest BCUT2D eigenvalue weighted by Gasteiger charge is -2.05. The quantitative estimate of drug-likeness (QED) is 0.447. The molecule has 1 aromatic carbocycles. The summed E-state index contributed by atoms with van der Waals surface area (Å²) in [6.45, 7) is 3.75. The minimum Gasteiger partial charge on any atom is -0.497 e. The van der Waals surface area contributed by atoms with Crippen LogP contribution in [0.1, 0.15) is 13.8 Å². The van der Waals surface area contributed by atoms with Gasteiger partial charge in [-0.3, -0.25) is 0 Å². The topological polar surface area (TPSA) is 44.8 Å². The number of esters is 1. The van der Waals surface area contributed by atoms with Crippen molar-refractivity contribution in [2.75, 3.05) is 13.7 Å². The van der Waals surface area contributed by atoms with Gasteiger partial charge in [-0.05, 0) is 26.0 Å². The average molecular weight is 236 g/mol. The van der Waals surface area contributed by atoms with Crippen LogP contribution in [0.3, 0.4) is 0 Å². The van der Waals surface area contributed by atoms with Crippen LogP contribution in [-0.4, -0.2) is 19.7 Å². The van der Waals surface area contributed by atoms with E-state index < -0.39 is 0 Å². The molecule has 0 aromatic heterocycles. The van der Waals surface area contributed by atoms with Crippen LogP contribution in [0.25, 0.3) is 0 Å². The largest absolute Gasteiger partial charge is 0.497 e. The number of ether oxygens (including phenoxy) is 3. The predicted molar refractivity (Wildman–Crippen MR) is 64.0 cm³/mol. The van der Waals surface area contributed by atoms with Crippen LogP contribution < -0.4 is 9.47 Å². The Morgan fingerprint density at radius 2 is 2.06 bits per heavy atom. The summed E-state index contributed by atoms with van der Waals surface area (Å²) in [7, 11) is 1.58. The molecule has 0 atom stereocenters. The van der Waals surface area contributed by atoms with Crippen LogP contribution in [0.4, 0.5) is 0 Å². The molecule has 0 N–H and O–H groups in total. The molecule has 4 heteroatoms. The van der Waals surface area contributed by atoms with Gasteiger partial charge in [0.1, 0.15) is 17.8 Å². The molecule has 0 heterocycles. The zero-order valence-corrected chi connectivity index (χ0v) is 10.2. The summed E-state index contributed by atoms with van der Waals surface area (Å²) in [6.07, 6.45) is 1.37. The minimum atomic E-state index is -0.379. The number of benzene rings is 1. The van der Waals surface area contributed by atoms with Crippen LogP contribution in [0.5, 0.6) is 11.5 Å². The lowest BCUT2D eigenvalue weighted by atomic mass is 10.3. The lowest BCUT2D eigenvalue weighted by Crippen LogP contribution is -2.06. The van der Waals surface area contributed by atoms with Crippen LogP contribution in [0.2, 0.25) is 0 Å². The molecular formula is C13H16O4. The van der Waals surface area contributed by atoms with E-state index in [4.69, 9.17) is 14.2 Å². The van der Waals surface area contributed by atoms with Crippen molar-refractivity contribution in [1.82, 2.24) is 0 Å². The van der Waals surface area contributed by atoms with Crippen LogP contribution in [-0.2, 0) is 9.53 Å². The van der Waals surface area contributed by atoms with Crippen molar-refractivity contribution in [3.8, 4) is 11.5 Å². The molecule has 0 aliphatic heterocycles. The van der Waals surface area contributed by atoms with E-state index in [9.17, 15) is 4.79 Å². The van der Waals surface area contributed by atoms with Crippen molar-refractivity contribution in [1.29, 1.82) is 0 Å². The third kappa shape index (κ3) is 4.18. The molecule has 92 valence electrons. The van der Waals surface area contributed by atoms with Crippen molar-refractivity contribution in [2.45, 2.75) is 13.8 Å². The zero-order chi connectivity index (χ0) is 12.7. The standard InChI is InChI=1S/C13H16O4/c1-4-16-13(14)10(2)9-17-12-7-5-6-11(8-12)15-3/h5-9H,4H2,1-3H3/b10-9+. The van der Waals surface area contributed by atoms with Crippen LogP contribution in [0.15, 0.2) is 36.1 Å².